The van der Waals surface area contributed by atoms with Crippen molar-refractivity contribution in [2.24, 2.45) is 0 Å². The first-order valence-corrected chi connectivity index (χ1v) is 6.94. The van der Waals surface area contributed by atoms with Crippen molar-refractivity contribution in [2.45, 2.75) is 12.8 Å². The number of fused-ring (bicyclic) bond motifs is 1. The van der Waals surface area contributed by atoms with E-state index in [1.54, 1.807) is 13.0 Å². The van der Waals surface area contributed by atoms with Crippen LogP contribution in [0.25, 0.3) is 0 Å². The molecule has 0 radical (unpaired) electrons. The number of ether oxygens (including phenoxy) is 2. The van der Waals surface area contributed by atoms with Gasteiger partial charge in [0.1, 0.15) is 24.8 Å². The molecule has 0 spiro atoms. The van der Waals surface area contributed by atoms with Gasteiger partial charge in [0.05, 0.1) is 6.61 Å². The van der Waals surface area contributed by atoms with Crippen molar-refractivity contribution in [1.82, 2.24) is 4.90 Å². The van der Waals surface area contributed by atoms with Crippen LogP contribution in [0.3, 0.4) is 0 Å². The highest BCUT2D eigenvalue weighted by Crippen LogP contribution is 2.34. The molecule has 1 unspecified atom stereocenters. The fourth-order valence-corrected chi connectivity index (χ4v) is 2.34. The van der Waals surface area contributed by atoms with E-state index in [1.807, 2.05) is 24.3 Å². The highest BCUT2D eigenvalue weighted by molar-refractivity contribution is 5.88. The summed E-state index contributed by atoms with van der Waals surface area (Å²) in [5, 5.41) is 0. The number of hydrogen-bond donors (Lipinski definition) is 0. The Labute approximate surface area is 124 Å². The van der Waals surface area contributed by atoms with Crippen LogP contribution in [0.1, 0.15) is 18.4 Å². The zero-order chi connectivity index (χ0) is 15.2. The molecule has 0 saturated carbocycles. The maximum Gasteiger partial charge on any atom is 0.325 e. The Morgan fingerprint density at radius 3 is 2.95 bits per heavy atom. The van der Waals surface area contributed by atoms with Gasteiger partial charge in [-0.3, -0.25) is 9.59 Å². The summed E-state index contributed by atoms with van der Waals surface area (Å²) in [5.74, 6) is -0.214. The lowest BCUT2D eigenvalue weighted by Gasteiger charge is -2.23. The number of nitrogens with zero attached hydrogens (tertiary/aromatic N) is 1. The maximum atomic E-state index is 12.6. The van der Waals surface area contributed by atoms with Crippen molar-refractivity contribution in [1.29, 1.82) is 0 Å². The Morgan fingerprint density at radius 2 is 2.24 bits per heavy atom. The van der Waals surface area contributed by atoms with E-state index < -0.39 is 5.97 Å². The van der Waals surface area contributed by atoms with Crippen LogP contribution in [0.15, 0.2) is 36.9 Å². The minimum absolute atomic E-state index is 0.0721. The van der Waals surface area contributed by atoms with Gasteiger partial charge in [-0.1, -0.05) is 24.3 Å². The molecule has 0 N–H and O–H groups in total. The molecule has 21 heavy (non-hydrogen) atoms. The van der Waals surface area contributed by atoms with Crippen LogP contribution in [0.5, 0.6) is 5.75 Å². The molecule has 1 atom stereocenters. The van der Waals surface area contributed by atoms with Crippen LogP contribution in [0.2, 0.25) is 0 Å². The third kappa shape index (κ3) is 3.42. The number of carbonyl (C=O) groups is 2. The molecule has 1 heterocycles. The van der Waals surface area contributed by atoms with Gasteiger partial charge in [0.15, 0.2) is 0 Å². The molecule has 0 fully saturated rings. The second-order valence-electron chi connectivity index (χ2n) is 4.71. The van der Waals surface area contributed by atoms with Crippen LogP contribution in [-0.2, 0) is 14.3 Å². The Hall–Kier alpha value is -2.30. The average molecular weight is 289 g/mol. The zero-order valence-electron chi connectivity index (χ0n) is 12.1. The van der Waals surface area contributed by atoms with E-state index in [0.717, 1.165) is 11.3 Å². The molecule has 0 saturated heterocycles. The Morgan fingerprint density at radius 1 is 1.48 bits per heavy atom. The van der Waals surface area contributed by atoms with Gasteiger partial charge in [-0.2, -0.15) is 0 Å². The summed E-state index contributed by atoms with van der Waals surface area (Å²) in [7, 11) is 0. The summed E-state index contributed by atoms with van der Waals surface area (Å²) >= 11 is 0. The first-order chi connectivity index (χ1) is 10.2. The summed E-state index contributed by atoms with van der Waals surface area (Å²) in [5.41, 5.74) is 0.862. The van der Waals surface area contributed by atoms with Crippen molar-refractivity contribution in [3.8, 4) is 5.75 Å². The van der Waals surface area contributed by atoms with Gasteiger partial charge >= 0.3 is 5.97 Å². The third-order valence-electron chi connectivity index (χ3n) is 3.28. The van der Waals surface area contributed by atoms with Crippen LogP contribution in [0, 0.1) is 0 Å². The molecule has 2 rings (SSSR count). The van der Waals surface area contributed by atoms with Crippen molar-refractivity contribution in [3.05, 3.63) is 42.5 Å². The monoisotopic (exact) mass is 289 g/mol. The molecule has 0 bridgehead atoms. The molecule has 5 heteroatoms. The lowest BCUT2D eigenvalue weighted by molar-refractivity contribution is -0.149. The van der Waals surface area contributed by atoms with Crippen LogP contribution >= 0.6 is 0 Å². The van der Waals surface area contributed by atoms with Crippen LogP contribution in [-0.4, -0.2) is 43.1 Å². The first-order valence-electron chi connectivity index (χ1n) is 6.94. The summed E-state index contributed by atoms with van der Waals surface area (Å²) < 4.78 is 10.4. The second kappa shape index (κ2) is 6.92. The molecule has 0 aromatic heterocycles. The number of esters is 1. The van der Waals surface area contributed by atoms with E-state index in [2.05, 4.69) is 6.58 Å². The van der Waals surface area contributed by atoms with Crippen LogP contribution in [0.4, 0.5) is 0 Å². The van der Waals surface area contributed by atoms with E-state index >= 15 is 0 Å². The normalized spacial score (nSPS) is 15.8. The summed E-state index contributed by atoms with van der Waals surface area (Å²) in [4.78, 5) is 25.7. The molecule has 1 aromatic rings. The van der Waals surface area contributed by atoms with Gasteiger partial charge in [-0.05, 0) is 13.0 Å². The maximum absolute atomic E-state index is 12.6. The van der Waals surface area contributed by atoms with Crippen molar-refractivity contribution < 1.29 is 19.1 Å². The minimum atomic E-state index is -0.417. The lowest BCUT2D eigenvalue weighted by atomic mass is 10.00. The molecule has 1 aliphatic heterocycles. The molecular formula is C16H19NO4. The molecular weight excluding hydrogens is 270 g/mol. The highest BCUT2D eigenvalue weighted by Gasteiger charge is 2.33. The topological polar surface area (TPSA) is 55.8 Å². The second-order valence-corrected chi connectivity index (χ2v) is 4.71. The molecule has 1 aliphatic rings. The van der Waals surface area contributed by atoms with E-state index in [1.165, 1.54) is 4.90 Å². The third-order valence-corrected chi connectivity index (χ3v) is 3.28. The van der Waals surface area contributed by atoms with Crippen molar-refractivity contribution >= 4 is 11.9 Å². The smallest absolute Gasteiger partial charge is 0.325 e. The van der Waals surface area contributed by atoms with Gasteiger partial charge in [-0.15, -0.1) is 6.58 Å². The number of benzene rings is 1. The van der Waals surface area contributed by atoms with Crippen molar-refractivity contribution in [2.75, 3.05) is 26.3 Å². The summed E-state index contributed by atoms with van der Waals surface area (Å²) in [6.07, 6.45) is 1.60. The average Bonchev–Trinajstić information content (AvgIpc) is 2.90. The molecule has 112 valence electrons. The Bertz CT molecular complexity index is 541. The molecule has 5 nitrogen and oxygen atoms in total. The standard InChI is InChI=1S/C16H19NO4/c1-3-9-17(10-15(18)20-4-2)16(19)13-11-21-14-8-6-5-7-12(13)14/h3,5-8,13H,1,4,9-11H2,2H3. The Balaban J connectivity index is 2.12. The van der Waals surface area contributed by atoms with E-state index in [-0.39, 0.29) is 18.4 Å². The fraction of sp³-hybridized carbons (Fsp3) is 0.375. The van der Waals surface area contributed by atoms with Gasteiger partial charge in [-0.25, -0.2) is 0 Å². The summed E-state index contributed by atoms with van der Waals surface area (Å²) in [6.45, 7) is 6.19. The predicted octanol–water partition coefficient (Wildman–Crippen LogP) is 1.74. The number of carbonyl (C=O) groups excluding carboxylic acids is 2. The number of para-hydroxylation sites is 1. The first kappa shape index (κ1) is 15.1. The lowest BCUT2D eigenvalue weighted by Crippen LogP contribution is -2.40. The number of amides is 1. The largest absolute Gasteiger partial charge is 0.492 e. The molecule has 0 aliphatic carbocycles. The van der Waals surface area contributed by atoms with E-state index in [4.69, 9.17) is 9.47 Å². The van der Waals surface area contributed by atoms with Gasteiger partial charge < -0.3 is 14.4 Å². The SMILES string of the molecule is C=CCN(CC(=O)OCC)C(=O)C1COc2ccccc21. The van der Waals surface area contributed by atoms with E-state index in [0.29, 0.717) is 19.8 Å². The number of rotatable bonds is 6. The highest BCUT2D eigenvalue weighted by atomic mass is 16.5. The van der Waals surface area contributed by atoms with Gasteiger partial charge in [0, 0.05) is 12.1 Å². The minimum Gasteiger partial charge on any atom is -0.492 e. The molecule has 1 amide bonds. The van der Waals surface area contributed by atoms with E-state index in [9.17, 15) is 9.59 Å². The predicted molar refractivity (Wildman–Crippen MR) is 78.1 cm³/mol. The van der Waals surface area contributed by atoms with Gasteiger partial charge in [0.25, 0.3) is 0 Å². The van der Waals surface area contributed by atoms with Crippen molar-refractivity contribution in [3.63, 3.8) is 0 Å². The quantitative estimate of drug-likeness (QED) is 0.591. The van der Waals surface area contributed by atoms with Gasteiger partial charge in [0.2, 0.25) is 5.91 Å². The summed E-state index contributed by atoms with van der Waals surface area (Å²) in [6, 6.07) is 7.45. The fourth-order valence-electron chi connectivity index (χ4n) is 2.34. The zero-order valence-corrected chi connectivity index (χ0v) is 12.1. The number of hydrogen-bond acceptors (Lipinski definition) is 4. The Kier molecular flexibility index (Phi) is 4.98. The molecule has 1 aromatic carbocycles. The van der Waals surface area contributed by atoms with Crippen LogP contribution < -0.4 is 4.74 Å².